The van der Waals surface area contributed by atoms with E-state index in [0.29, 0.717) is 4.88 Å². The Hall–Kier alpha value is -1.89. The second-order valence-electron chi connectivity index (χ2n) is 2.94. The van der Waals surface area contributed by atoms with E-state index < -0.39 is 30.3 Å². The molecule has 0 unspecified atom stereocenters. The molecule has 7 heteroatoms. The first-order chi connectivity index (χ1) is 7.50. The zero-order chi connectivity index (χ0) is 12.1. The van der Waals surface area contributed by atoms with Gasteiger partial charge in [-0.25, -0.2) is 4.79 Å². The van der Waals surface area contributed by atoms with Crippen molar-refractivity contribution in [2.45, 2.75) is 12.5 Å². The minimum atomic E-state index is -1.41. The smallest absolute Gasteiger partial charge is 0.326 e. The van der Waals surface area contributed by atoms with Crippen LogP contribution in [0.5, 0.6) is 0 Å². The molecule has 0 aliphatic carbocycles. The fourth-order valence-electron chi connectivity index (χ4n) is 1.01. The molecule has 0 aliphatic rings. The number of aliphatic carboxylic acids is 2. The molecular formula is C9H9NO5S. The van der Waals surface area contributed by atoms with Crippen molar-refractivity contribution in [2.75, 3.05) is 0 Å². The lowest BCUT2D eigenvalue weighted by atomic mass is 10.2. The molecule has 1 aromatic heterocycles. The molecule has 0 saturated heterocycles. The van der Waals surface area contributed by atoms with Gasteiger partial charge in [0.2, 0.25) is 0 Å². The number of carbonyl (C=O) groups excluding carboxylic acids is 1. The fourth-order valence-corrected chi connectivity index (χ4v) is 1.64. The lowest BCUT2D eigenvalue weighted by molar-refractivity contribution is -0.145. The van der Waals surface area contributed by atoms with Crippen LogP contribution in [0.15, 0.2) is 17.5 Å². The summed E-state index contributed by atoms with van der Waals surface area (Å²) in [4.78, 5) is 32.8. The van der Waals surface area contributed by atoms with E-state index in [1.165, 1.54) is 6.07 Å². The van der Waals surface area contributed by atoms with Gasteiger partial charge in [0.1, 0.15) is 6.04 Å². The van der Waals surface area contributed by atoms with E-state index in [2.05, 4.69) is 5.32 Å². The van der Waals surface area contributed by atoms with Crippen molar-refractivity contribution in [2.24, 2.45) is 0 Å². The number of carboxylic acids is 2. The maximum atomic E-state index is 11.4. The summed E-state index contributed by atoms with van der Waals surface area (Å²) in [7, 11) is 0. The topological polar surface area (TPSA) is 104 Å². The first-order valence-electron chi connectivity index (χ1n) is 4.29. The van der Waals surface area contributed by atoms with Crippen LogP contribution in [-0.4, -0.2) is 34.1 Å². The molecule has 0 aromatic carbocycles. The number of thiophene rings is 1. The number of amides is 1. The van der Waals surface area contributed by atoms with Crippen LogP contribution in [0.2, 0.25) is 0 Å². The van der Waals surface area contributed by atoms with Crippen LogP contribution in [0, 0.1) is 0 Å². The molecule has 0 bridgehead atoms. The van der Waals surface area contributed by atoms with E-state index in [4.69, 9.17) is 10.2 Å². The Labute approximate surface area is 94.5 Å². The number of rotatable bonds is 5. The molecule has 3 N–H and O–H groups in total. The van der Waals surface area contributed by atoms with Crippen LogP contribution in [0.25, 0.3) is 0 Å². The molecule has 1 aromatic rings. The molecule has 0 fully saturated rings. The molecule has 16 heavy (non-hydrogen) atoms. The highest BCUT2D eigenvalue weighted by atomic mass is 32.1. The first kappa shape index (κ1) is 12.2. The van der Waals surface area contributed by atoms with E-state index in [0.717, 1.165) is 11.3 Å². The van der Waals surface area contributed by atoms with Crippen LogP contribution in [0.3, 0.4) is 0 Å². The molecular weight excluding hydrogens is 234 g/mol. The quantitative estimate of drug-likeness (QED) is 0.694. The Bertz CT molecular complexity index is 400. The normalized spacial score (nSPS) is 11.8. The van der Waals surface area contributed by atoms with Gasteiger partial charge in [0.15, 0.2) is 0 Å². The van der Waals surface area contributed by atoms with Gasteiger partial charge in [-0.15, -0.1) is 11.3 Å². The third-order valence-corrected chi connectivity index (χ3v) is 2.60. The second kappa shape index (κ2) is 5.26. The van der Waals surface area contributed by atoms with Gasteiger partial charge in [-0.3, -0.25) is 9.59 Å². The second-order valence-corrected chi connectivity index (χ2v) is 3.89. The average molecular weight is 243 g/mol. The van der Waals surface area contributed by atoms with Crippen LogP contribution < -0.4 is 5.32 Å². The minimum absolute atomic E-state index is 0.344. The van der Waals surface area contributed by atoms with Gasteiger partial charge in [0.05, 0.1) is 11.3 Å². The summed E-state index contributed by atoms with van der Waals surface area (Å²) in [6.07, 6.45) is -0.646. The molecule has 6 nitrogen and oxygen atoms in total. The summed E-state index contributed by atoms with van der Waals surface area (Å²) in [6, 6.07) is 1.76. The third kappa shape index (κ3) is 3.35. The van der Waals surface area contributed by atoms with Crippen molar-refractivity contribution in [3.8, 4) is 0 Å². The number of carbonyl (C=O) groups is 3. The van der Waals surface area contributed by atoms with Crippen LogP contribution >= 0.6 is 11.3 Å². The molecule has 0 radical (unpaired) electrons. The summed E-state index contributed by atoms with van der Waals surface area (Å²) in [5, 5.41) is 21.0. The van der Waals surface area contributed by atoms with Crippen LogP contribution in [0.4, 0.5) is 0 Å². The summed E-state index contributed by atoms with van der Waals surface area (Å²) in [5.74, 6) is -3.23. The highest BCUT2D eigenvalue weighted by molar-refractivity contribution is 7.12. The molecule has 86 valence electrons. The third-order valence-electron chi connectivity index (χ3n) is 1.73. The zero-order valence-electron chi connectivity index (χ0n) is 8.04. The summed E-state index contributed by atoms with van der Waals surface area (Å²) >= 11 is 1.15. The van der Waals surface area contributed by atoms with Gasteiger partial charge in [-0.2, -0.15) is 0 Å². The summed E-state index contributed by atoms with van der Waals surface area (Å²) in [6.45, 7) is 0. The molecule has 1 heterocycles. The first-order valence-corrected chi connectivity index (χ1v) is 5.17. The lowest BCUT2D eigenvalue weighted by Gasteiger charge is -2.11. The molecule has 1 atom stereocenters. The highest BCUT2D eigenvalue weighted by Crippen LogP contribution is 2.08. The largest absolute Gasteiger partial charge is 0.481 e. The standard InChI is InChI=1S/C9H9NO5S/c11-7(12)4-5(9(14)15)10-8(13)6-2-1-3-16-6/h1-3,5H,4H2,(H,10,13)(H,11,12)(H,14,15)/t5-/m0/s1. The van der Waals surface area contributed by atoms with E-state index in [1.807, 2.05) is 0 Å². The SMILES string of the molecule is O=C(O)C[C@H](NC(=O)c1cccs1)C(=O)O. The van der Waals surface area contributed by atoms with E-state index in [1.54, 1.807) is 11.4 Å². The van der Waals surface area contributed by atoms with Gasteiger partial charge in [0.25, 0.3) is 5.91 Å². The van der Waals surface area contributed by atoms with E-state index >= 15 is 0 Å². The Kier molecular flexibility index (Phi) is 4.01. The molecule has 1 rings (SSSR count). The predicted octanol–water partition coefficient (Wildman–Crippen LogP) is 0.406. The van der Waals surface area contributed by atoms with Crippen molar-refractivity contribution in [1.82, 2.24) is 5.32 Å². The minimum Gasteiger partial charge on any atom is -0.481 e. The summed E-state index contributed by atoms with van der Waals surface area (Å²) < 4.78 is 0. The number of hydrogen-bond donors (Lipinski definition) is 3. The maximum absolute atomic E-state index is 11.4. The van der Waals surface area contributed by atoms with E-state index in [9.17, 15) is 14.4 Å². The molecule has 0 saturated carbocycles. The molecule has 1 amide bonds. The van der Waals surface area contributed by atoms with Gasteiger partial charge < -0.3 is 15.5 Å². The molecule has 0 spiro atoms. The van der Waals surface area contributed by atoms with Crippen molar-refractivity contribution in [3.05, 3.63) is 22.4 Å². The Morgan fingerprint density at radius 1 is 1.38 bits per heavy atom. The monoisotopic (exact) mass is 243 g/mol. The van der Waals surface area contributed by atoms with Crippen molar-refractivity contribution in [3.63, 3.8) is 0 Å². The van der Waals surface area contributed by atoms with Gasteiger partial charge in [0, 0.05) is 0 Å². The Morgan fingerprint density at radius 3 is 2.50 bits per heavy atom. The average Bonchev–Trinajstić information content (AvgIpc) is 2.68. The van der Waals surface area contributed by atoms with Gasteiger partial charge >= 0.3 is 11.9 Å². The number of nitrogens with one attached hydrogen (secondary N) is 1. The zero-order valence-corrected chi connectivity index (χ0v) is 8.86. The Balaban J connectivity index is 2.65. The number of carboxylic acid groups (broad SMARTS) is 2. The van der Waals surface area contributed by atoms with E-state index in [-0.39, 0.29) is 0 Å². The highest BCUT2D eigenvalue weighted by Gasteiger charge is 2.23. The van der Waals surface area contributed by atoms with Crippen LogP contribution in [0.1, 0.15) is 16.1 Å². The number of hydrogen-bond acceptors (Lipinski definition) is 4. The van der Waals surface area contributed by atoms with Crippen molar-refractivity contribution in [1.29, 1.82) is 0 Å². The lowest BCUT2D eigenvalue weighted by Crippen LogP contribution is -2.41. The van der Waals surface area contributed by atoms with Gasteiger partial charge in [-0.05, 0) is 11.4 Å². The van der Waals surface area contributed by atoms with Crippen molar-refractivity contribution >= 4 is 29.2 Å². The predicted molar refractivity (Wildman–Crippen MR) is 55.5 cm³/mol. The van der Waals surface area contributed by atoms with Crippen LogP contribution in [-0.2, 0) is 9.59 Å². The fraction of sp³-hybridized carbons (Fsp3) is 0.222. The molecule has 0 aliphatic heterocycles. The summed E-state index contributed by atoms with van der Waals surface area (Å²) in [5.41, 5.74) is 0. The van der Waals surface area contributed by atoms with Gasteiger partial charge in [-0.1, -0.05) is 6.07 Å². The Morgan fingerprint density at radius 2 is 2.06 bits per heavy atom. The van der Waals surface area contributed by atoms with Crippen molar-refractivity contribution < 1.29 is 24.6 Å². The maximum Gasteiger partial charge on any atom is 0.326 e.